The van der Waals surface area contributed by atoms with Crippen LogP contribution < -0.4 is 10.5 Å². The Kier molecular flexibility index (Phi) is 4.34. The summed E-state index contributed by atoms with van der Waals surface area (Å²) in [5, 5.41) is 8.27. The molecular weight excluding hydrogens is 351 g/mol. The maximum absolute atomic E-state index is 7.31. The van der Waals surface area contributed by atoms with Crippen LogP contribution in [0.25, 0.3) is 0 Å². The molecule has 0 saturated heterocycles. The van der Waals surface area contributed by atoms with Crippen molar-refractivity contribution in [3.8, 4) is 11.5 Å². The van der Waals surface area contributed by atoms with Crippen molar-refractivity contribution in [2.45, 2.75) is 0 Å². The van der Waals surface area contributed by atoms with Crippen LogP contribution in [-0.2, 0) is 0 Å². The smallest absolute Gasteiger partial charge is 0.147 e. The van der Waals surface area contributed by atoms with Gasteiger partial charge in [-0.2, -0.15) is 0 Å². The fourth-order valence-electron chi connectivity index (χ4n) is 1.41. The molecule has 2 aromatic rings. The Hall–Kier alpha value is -1.23. The van der Waals surface area contributed by atoms with E-state index in [1.807, 2.05) is 0 Å². The molecule has 0 amide bonds. The Bertz CT molecular complexity index is 629. The fraction of sp³-hybridized carbons (Fsp3) is 0. The fourth-order valence-corrected chi connectivity index (χ4v) is 2.24. The molecule has 0 aromatic heterocycles. The van der Waals surface area contributed by atoms with Gasteiger partial charge in [0.15, 0.2) is 0 Å². The molecule has 2 rings (SSSR count). The van der Waals surface area contributed by atoms with Crippen molar-refractivity contribution in [3.05, 3.63) is 56.5 Å². The number of nitrogens with one attached hydrogen (secondary N) is 1. The Balaban J connectivity index is 2.26. The molecule has 0 aliphatic rings. The number of benzene rings is 2. The molecule has 0 spiro atoms. The lowest BCUT2D eigenvalue weighted by Crippen LogP contribution is -2.10. The van der Waals surface area contributed by atoms with Gasteiger partial charge in [0.25, 0.3) is 0 Å². The van der Waals surface area contributed by atoms with E-state index in [4.69, 9.17) is 39.1 Å². The van der Waals surface area contributed by atoms with E-state index in [1.54, 1.807) is 36.4 Å². The molecule has 0 aliphatic heterocycles. The number of hydrogen-bond donors (Lipinski definition) is 2. The van der Waals surface area contributed by atoms with Gasteiger partial charge in [-0.05, 0) is 46.3 Å². The Morgan fingerprint density at radius 2 is 1.74 bits per heavy atom. The molecule has 0 saturated carbocycles. The average molecular weight is 360 g/mol. The summed E-state index contributed by atoms with van der Waals surface area (Å²) in [4.78, 5) is 0. The molecule has 3 nitrogen and oxygen atoms in total. The summed E-state index contributed by atoms with van der Waals surface area (Å²) in [5.41, 5.74) is 6.01. The Morgan fingerprint density at radius 1 is 1.11 bits per heavy atom. The van der Waals surface area contributed by atoms with E-state index in [-0.39, 0.29) is 5.84 Å². The highest BCUT2D eigenvalue weighted by Gasteiger charge is 2.08. The number of ether oxygens (including phenoxy) is 1. The van der Waals surface area contributed by atoms with Gasteiger partial charge in [0.2, 0.25) is 0 Å². The lowest BCUT2D eigenvalue weighted by molar-refractivity contribution is 0.483. The molecule has 0 unspecified atom stereocenters. The van der Waals surface area contributed by atoms with E-state index in [0.29, 0.717) is 31.6 Å². The zero-order valence-electron chi connectivity index (χ0n) is 9.58. The van der Waals surface area contributed by atoms with Gasteiger partial charge in [0.1, 0.15) is 17.3 Å². The van der Waals surface area contributed by atoms with Crippen molar-refractivity contribution in [1.29, 1.82) is 5.41 Å². The molecule has 3 N–H and O–H groups in total. The van der Waals surface area contributed by atoms with Crippen LogP contribution in [0.2, 0.25) is 10.0 Å². The van der Waals surface area contributed by atoms with Crippen molar-refractivity contribution in [2.24, 2.45) is 5.73 Å². The molecular formula is C13H9BrCl2N2O. The van der Waals surface area contributed by atoms with E-state index < -0.39 is 0 Å². The lowest BCUT2D eigenvalue weighted by atomic mass is 10.2. The first kappa shape index (κ1) is 14.2. The van der Waals surface area contributed by atoms with Gasteiger partial charge in [0, 0.05) is 16.1 Å². The average Bonchev–Trinajstić information content (AvgIpc) is 2.36. The summed E-state index contributed by atoms with van der Waals surface area (Å²) in [5.74, 6) is 1.06. The molecule has 98 valence electrons. The largest absolute Gasteiger partial charge is 0.456 e. The topological polar surface area (TPSA) is 59.1 Å². The van der Waals surface area contributed by atoms with Crippen LogP contribution >= 0.6 is 39.1 Å². The summed E-state index contributed by atoms with van der Waals surface area (Å²) in [6.07, 6.45) is 0. The maximum Gasteiger partial charge on any atom is 0.147 e. The lowest BCUT2D eigenvalue weighted by Gasteiger charge is -2.09. The predicted octanol–water partition coefficient (Wildman–Crippen LogP) is 4.83. The first-order valence-electron chi connectivity index (χ1n) is 5.24. The molecule has 0 aliphatic carbocycles. The maximum atomic E-state index is 7.31. The first-order valence-corrected chi connectivity index (χ1v) is 6.79. The van der Waals surface area contributed by atoms with Crippen molar-refractivity contribution in [3.63, 3.8) is 0 Å². The number of amidine groups is 1. The summed E-state index contributed by atoms with van der Waals surface area (Å²) in [6.45, 7) is 0. The second-order valence-corrected chi connectivity index (χ2v) is 5.41. The zero-order valence-corrected chi connectivity index (χ0v) is 12.7. The molecule has 0 heterocycles. The Morgan fingerprint density at radius 3 is 2.32 bits per heavy atom. The third kappa shape index (κ3) is 3.41. The number of nitrogens with two attached hydrogens (primary N) is 1. The van der Waals surface area contributed by atoms with E-state index in [9.17, 15) is 0 Å². The number of halogens is 3. The molecule has 6 heteroatoms. The van der Waals surface area contributed by atoms with Crippen LogP contribution in [0.15, 0.2) is 40.9 Å². The third-order valence-corrected chi connectivity index (χ3v) is 3.86. The molecule has 0 fully saturated rings. The highest BCUT2D eigenvalue weighted by atomic mass is 79.9. The second-order valence-electron chi connectivity index (χ2n) is 3.74. The van der Waals surface area contributed by atoms with Gasteiger partial charge in [-0.1, -0.05) is 23.2 Å². The van der Waals surface area contributed by atoms with Crippen LogP contribution in [0, 0.1) is 5.41 Å². The van der Waals surface area contributed by atoms with Gasteiger partial charge in [-0.25, -0.2) is 0 Å². The molecule has 0 radical (unpaired) electrons. The SMILES string of the molecule is N=C(N)c1ccc(Oc2cc(Cl)c(Br)cc2Cl)cc1. The molecule has 2 aromatic carbocycles. The van der Waals surface area contributed by atoms with Crippen molar-refractivity contribution in [2.75, 3.05) is 0 Å². The first-order chi connectivity index (χ1) is 8.97. The highest BCUT2D eigenvalue weighted by Crippen LogP contribution is 2.36. The van der Waals surface area contributed by atoms with Gasteiger partial charge < -0.3 is 10.5 Å². The van der Waals surface area contributed by atoms with E-state index in [0.717, 1.165) is 0 Å². The van der Waals surface area contributed by atoms with Crippen molar-refractivity contribution < 1.29 is 4.74 Å². The third-order valence-electron chi connectivity index (χ3n) is 2.37. The second kappa shape index (κ2) is 5.82. The van der Waals surface area contributed by atoms with E-state index in [1.165, 1.54) is 0 Å². The van der Waals surface area contributed by atoms with Gasteiger partial charge in [-0.15, -0.1) is 0 Å². The van der Waals surface area contributed by atoms with Gasteiger partial charge >= 0.3 is 0 Å². The van der Waals surface area contributed by atoms with Crippen molar-refractivity contribution in [1.82, 2.24) is 0 Å². The van der Waals surface area contributed by atoms with E-state index >= 15 is 0 Å². The number of nitrogen functional groups attached to an aromatic ring is 1. The minimum absolute atomic E-state index is 0.0104. The molecule has 0 atom stereocenters. The summed E-state index contributed by atoms with van der Waals surface area (Å²) in [7, 11) is 0. The van der Waals surface area contributed by atoms with Crippen LogP contribution in [-0.4, -0.2) is 5.84 Å². The summed E-state index contributed by atoms with van der Waals surface area (Å²) in [6, 6.07) is 10.1. The summed E-state index contributed by atoms with van der Waals surface area (Å²) < 4.78 is 6.34. The zero-order chi connectivity index (χ0) is 14.0. The normalized spacial score (nSPS) is 10.3. The van der Waals surface area contributed by atoms with Crippen LogP contribution in [0.3, 0.4) is 0 Å². The standard InChI is InChI=1S/C13H9BrCl2N2O/c14-9-5-11(16)12(6-10(9)15)19-8-3-1-7(2-4-8)13(17)18/h1-6H,(H3,17,18). The van der Waals surface area contributed by atoms with Crippen LogP contribution in [0.1, 0.15) is 5.56 Å². The van der Waals surface area contributed by atoms with E-state index in [2.05, 4.69) is 15.9 Å². The monoisotopic (exact) mass is 358 g/mol. The van der Waals surface area contributed by atoms with Crippen molar-refractivity contribution >= 4 is 45.0 Å². The molecule has 19 heavy (non-hydrogen) atoms. The van der Waals surface area contributed by atoms with Crippen LogP contribution in [0.4, 0.5) is 0 Å². The number of rotatable bonds is 3. The van der Waals surface area contributed by atoms with Crippen LogP contribution in [0.5, 0.6) is 11.5 Å². The highest BCUT2D eigenvalue weighted by molar-refractivity contribution is 9.10. The van der Waals surface area contributed by atoms with Gasteiger partial charge in [0.05, 0.1) is 10.0 Å². The minimum Gasteiger partial charge on any atom is -0.456 e. The van der Waals surface area contributed by atoms with Gasteiger partial charge in [-0.3, -0.25) is 5.41 Å². The predicted molar refractivity (Wildman–Crippen MR) is 81.7 cm³/mol. The molecule has 0 bridgehead atoms. The minimum atomic E-state index is 0.0104. The summed E-state index contributed by atoms with van der Waals surface area (Å²) >= 11 is 15.3. The number of hydrogen-bond acceptors (Lipinski definition) is 2. The Labute approximate surface area is 128 Å². The quantitative estimate of drug-likeness (QED) is 0.468.